The van der Waals surface area contributed by atoms with Gasteiger partial charge in [-0.05, 0) is 31.5 Å². The van der Waals surface area contributed by atoms with E-state index in [1.165, 1.54) is 17.9 Å². The molecule has 0 aliphatic rings. The molecule has 1 aromatic carbocycles. The van der Waals surface area contributed by atoms with Gasteiger partial charge in [0.1, 0.15) is 5.75 Å². The number of halogens is 1. The molecule has 0 fully saturated rings. The van der Waals surface area contributed by atoms with Crippen molar-refractivity contribution >= 4 is 12.1 Å². The number of aromatic nitrogens is 4. The van der Waals surface area contributed by atoms with E-state index in [4.69, 9.17) is 4.74 Å². The number of para-hydroxylation sites is 1. The number of hydrogen-bond acceptors (Lipinski definition) is 5. The predicted molar refractivity (Wildman–Crippen MR) is 97.0 cm³/mol. The molecule has 0 unspecified atom stereocenters. The molecule has 3 rings (SSSR count). The number of benzene rings is 1. The highest BCUT2D eigenvalue weighted by Gasteiger charge is 2.12. The molecule has 0 atom stereocenters. The molecular formula is C18H19FN6O2. The summed E-state index contributed by atoms with van der Waals surface area (Å²) < 4.78 is 22.1. The van der Waals surface area contributed by atoms with Crippen LogP contribution in [0.15, 0.2) is 41.6 Å². The van der Waals surface area contributed by atoms with Gasteiger partial charge in [0.05, 0.1) is 17.5 Å². The average Bonchev–Trinajstić information content (AvgIpc) is 3.21. The molecule has 0 bridgehead atoms. The Hall–Kier alpha value is -3.49. The van der Waals surface area contributed by atoms with E-state index in [9.17, 15) is 9.18 Å². The molecule has 0 saturated heterocycles. The van der Waals surface area contributed by atoms with Gasteiger partial charge in [0.2, 0.25) is 5.95 Å². The van der Waals surface area contributed by atoms with Gasteiger partial charge in [-0.3, -0.25) is 4.79 Å². The Morgan fingerprint density at radius 3 is 2.78 bits per heavy atom. The van der Waals surface area contributed by atoms with Crippen LogP contribution < -0.4 is 10.2 Å². The SMILES string of the molecule is Cc1ccccc1OCn1ccc(C(=O)NN=Cc2c(C)nn(C)c2F)n1. The fraction of sp³-hybridized carbons (Fsp3) is 0.222. The number of hydrazone groups is 1. The quantitative estimate of drug-likeness (QED) is 0.532. The van der Waals surface area contributed by atoms with Crippen LogP contribution >= 0.6 is 0 Å². The number of nitrogens with zero attached hydrogens (tertiary/aromatic N) is 5. The van der Waals surface area contributed by atoms with Gasteiger partial charge in [-0.25, -0.2) is 14.8 Å². The van der Waals surface area contributed by atoms with E-state index in [2.05, 4.69) is 20.7 Å². The summed E-state index contributed by atoms with van der Waals surface area (Å²) in [4.78, 5) is 12.1. The Labute approximate surface area is 155 Å². The summed E-state index contributed by atoms with van der Waals surface area (Å²) in [5, 5.41) is 11.8. The maximum Gasteiger partial charge on any atom is 0.291 e. The number of ether oxygens (including phenoxy) is 1. The predicted octanol–water partition coefficient (Wildman–Crippen LogP) is 2.17. The number of aryl methyl sites for hydroxylation is 3. The van der Waals surface area contributed by atoms with Crippen molar-refractivity contribution < 1.29 is 13.9 Å². The summed E-state index contributed by atoms with van der Waals surface area (Å²) in [6, 6.07) is 9.16. The first-order valence-corrected chi connectivity index (χ1v) is 8.20. The van der Waals surface area contributed by atoms with Gasteiger partial charge in [-0.1, -0.05) is 18.2 Å². The lowest BCUT2D eigenvalue weighted by Gasteiger charge is -2.08. The Bertz CT molecular complexity index is 992. The molecule has 1 N–H and O–H groups in total. The molecule has 0 spiro atoms. The number of nitrogens with one attached hydrogen (secondary N) is 1. The normalized spacial score (nSPS) is 11.1. The summed E-state index contributed by atoms with van der Waals surface area (Å²) in [6.45, 7) is 3.77. The van der Waals surface area contributed by atoms with Gasteiger partial charge < -0.3 is 4.74 Å². The van der Waals surface area contributed by atoms with E-state index in [0.29, 0.717) is 5.69 Å². The number of amides is 1. The zero-order valence-corrected chi connectivity index (χ0v) is 15.2. The molecule has 2 aromatic heterocycles. The minimum absolute atomic E-state index is 0.168. The van der Waals surface area contributed by atoms with Crippen LogP contribution in [0.25, 0.3) is 0 Å². The molecule has 2 heterocycles. The average molecular weight is 370 g/mol. The fourth-order valence-electron chi connectivity index (χ4n) is 2.41. The van der Waals surface area contributed by atoms with E-state index in [1.807, 2.05) is 31.2 Å². The number of rotatable bonds is 6. The summed E-state index contributed by atoms with van der Waals surface area (Å²) in [5.74, 6) is -0.288. The van der Waals surface area contributed by atoms with Crippen molar-refractivity contribution in [2.75, 3.05) is 0 Å². The van der Waals surface area contributed by atoms with Crippen LogP contribution in [-0.4, -0.2) is 31.7 Å². The molecule has 1 amide bonds. The van der Waals surface area contributed by atoms with Crippen LogP contribution in [0.5, 0.6) is 5.75 Å². The van der Waals surface area contributed by atoms with Gasteiger partial charge in [-0.2, -0.15) is 19.7 Å². The molecule has 3 aromatic rings. The van der Waals surface area contributed by atoms with Gasteiger partial charge in [-0.15, -0.1) is 0 Å². The summed E-state index contributed by atoms with van der Waals surface area (Å²) in [6.07, 6.45) is 2.84. The molecule has 9 heteroatoms. The number of carbonyl (C=O) groups excluding carboxylic acids is 1. The van der Waals surface area contributed by atoms with Crippen molar-refractivity contribution in [1.82, 2.24) is 25.0 Å². The molecule has 27 heavy (non-hydrogen) atoms. The van der Waals surface area contributed by atoms with Gasteiger partial charge in [0.15, 0.2) is 12.4 Å². The summed E-state index contributed by atoms with van der Waals surface area (Å²) >= 11 is 0. The minimum Gasteiger partial charge on any atom is -0.471 e. The van der Waals surface area contributed by atoms with Crippen LogP contribution in [0.1, 0.15) is 27.3 Å². The van der Waals surface area contributed by atoms with Gasteiger partial charge >= 0.3 is 0 Å². The second kappa shape index (κ2) is 7.81. The highest BCUT2D eigenvalue weighted by molar-refractivity contribution is 5.93. The third-order valence-electron chi connectivity index (χ3n) is 3.88. The first kappa shape index (κ1) is 18.3. The lowest BCUT2D eigenvalue weighted by atomic mass is 10.2. The van der Waals surface area contributed by atoms with Crippen molar-refractivity contribution in [2.45, 2.75) is 20.6 Å². The van der Waals surface area contributed by atoms with E-state index in [0.717, 1.165) is 16.0 Å². The lowest BCUT2D eigenvalue weighted by Crippen LogP contribution is -2.19. The van der Waals surface area contributed by atoms with Crippen molar-refractivity contribution in [2.24, 2.45) is 12.1 Å². The van der Waals surface area contributed by atoms with E-state index in [-0.39, 0.29) is 18.0 Å². The molecular weight excluding hydrogens is 351 g/mol. The molecule has 140 valence electrons. The second-order valence-electron chi connectivity index (χ2n) is 5.89. The third kappa shape index (κ3) is 4.20. The van der Waals surface area contributed by atoms with Crippen molar-refractivity contribution in [3.05, 3.63) is 65.0 Å². The van der Waals surface area contributed by atoms with Crippen LogP contribution in [-0.2, 0) is 13.8 Å². The highest BCUT2D eigenvalue weighted by Crippen LogP contribution is 2.16. The van der Waals surface area contributed by atoms with E-state index >= 15 is 0 Å². The minimum atomic E-state index is -0.525. The van der Waals surface area contributed by atoms with Crippen molar-refractivity contribution in [1.29, 1.82) is 0 Å². The van der Waals surface area contributed by atoms with Crippen molar-refractivity contribution in [3.8, 4) is 5.75 Å². The number of carbonyl (C=O) groups is 1. The van der Waals surface area contributed by atoms with Crippen LogP contribution in [0, 0.1) is 19.8 Å². The molecule has 8 nitrogen and oxygen atoms in total. The highest BCUT2D eigenvalue weighted by atomic mass is 19.1. The molecule has 0 aliphatic heterocycles. The van der Waals surface area contributed by atoms with Crippen LogP contribution in [0.3, 0.4) is 0 Å². The Kier molecular flexibility index (Phi) is 5.30. The van der Waals surface area contributed by atoms with Gasteiger partial charge in [0, 0.05) is 13.2 Å². The Morgan fingerprint density at radius 2 is 2.07 bits per heavy atom. The Morgan fingerprint density at radius 1 is 1.30 bits per heavy atom. The maximum absolute atomic E-state index is 13.8. The second-order valence-corrected chi connectivity index (χ2v) is 5.89. The van der Waals surface area contributed by atoms with Crippen LogP contribution in [0.4, 0.5) is 4.39 Å². The fourth-order valence-corrected chi connectivity index (χ4v) is 2.41. The molecule has 0 radical (unpaired) electrons. The smallest absolute Gasteiger partial charge is 0.291 e. The Balaban J connectivity index is 1.58. The van der Waals surface area contributed by atoms with Crippen molar-refractivity contribution in [3.63, 3.8) is 0 Å². The summed E-state index contributed by atoms with van der Waals surface area (Å²) in [5.41, 5.74) is 4.19. The first-order chi connectivity index (χ1) is 13.0. The topological polar surface area (TPSA) is 86.3 Å². The zero-order chi connectivity index (χ0) is 19.4. The standard InChI is InChI=1S/C18H19FN6O2/c1-12-6-4-5-7-16(12)27-11-25-9-8-15(23-25)18(26)21-20-10-14-13(2)22-24(3)17(14)19/h4-10H,11H2,1-3H3,(H,21,26). The molecule has 0 aliphatic carbocycles. The third-order valence-corrected chi connectivity index (χ3v) is 3.88. The first-order valence-electron chi connectivity index (χ1n) is 8.20. The zero-order valence-electron chi connectivity index (χ0n) is 15.2. The van der Waals surface area contributed by atoms with Crippen LogP contribution in [0.2, 0.25) is 0 Å². The molecule has 0 saturated carbocycles. The van der Waals surface area contributed by atoms with E-state index in [1.54, 1.807) is 19.2 Å². The number of hydrogen-bond donors (Lipinski definition) is 1. The maximum atomic E-state index is 13.8. The van der Waals surface area contributed by atoms with Gasteiger partial charge in [0.25, 0.3) is 5.91 Å². The lowest BCUT2D eigenvalue weighted by molar-refractivity contribution is 0.0948. The monoisotopic (exact) mass is 370 g/mol. The summed E-state index contributed by atoms with van der Waals surface area (Å²) in [7, 11) is 1.49. The van der Waals surface area contributed by atoms with E-state index < -0.39 is 11.9 Å². The largest absolute Gasteiger partial charge is 0.471 e.